The van der Waals surface area contributed by atoms with E-state index in [9.17, 15) is 0 Å². The first-order valence-corrected chi connectivity index (χ1v) is 8.14. The van der Waals surface area contributed by atoms with Crippen molar-refractivity contribution in [3.05, 3.63) is 64.7 Å². The molecule has 1 unspecified atom stereocenters. The molecule has 0 heterocycles. The summed E-state index contributed by atoms with van der Waals surface area (Å²) in [4.78, 5) is 0. The predicted octanol–water partition coefficient (Wildman–Crippen LogP) is 5.14. The van der Waals surface area contributed by atoms with Crippen LogP contribution in [0.2, 0.25) is 5.02 Å². The Hall–Kier alpha value is -0.990. The summed E-state index contributed by atoms with van der Waals surface area (Å²) in [6.07, 6.45) is 2.10. The lowest BCUT2D eigenvalue weighted by atomic mass is 9.94. The van der Waals surface area contributed by atoms with Gasteiger partial charge in [-0.25, -0.2) is 0 Å². The molecule has 2 aromatic rings. The number of hydrogen-bond donors (Lipinski definition) is 0. The lowest BCUT2D eigenvalue weighted by molar-refractivity contribution is 0.414. The monoisotopic (exact) mass is 352 g/mol. The third kappa shape index (κ3) is 4.53. The highest BCUT2D eigenvalue weighted by molar-refractivity contribution is 9.09. The summed E-state index contributed by atoms with van der Waals surface area (Å²) in [7, 11) is 1.69. The van der Waals surface area contributed by atoms with Crippen LogP contribution in [0.5, 0.6) is 5.75 Å². The van der Waals surface area contributed by atoms with Crippen molar-refractivity contribution in [3.63, 3.8) is 0 Å². The molecule has 0 saturated carbocycles. The molecule has 0 fully saturated rings. The SMILES string of the molecule is COc1ccc(CC(CBr)Cc2ccc(Cl)cc2)cc1. The zero-order valence-electron chi connectivity index (χ0n) is 11.5. The summed E-state index contributed by atoms with van der Waals surface area (Å²) in [5.41, 5.74) is 2.66. The molecule has 0 aliphatic heterocycles. The molecule has 0 amide bonds. The molecular weight excluding hydrogens is 336 g/mol. The van der Waals surface area contributed by atoms with Gasteiger partial charge >= 0.3 is 0 Å². The second-order valence-corrected chi connectivity index (χ2v) is 5.99. The molecule has 0 aromatic heterocycles. The summed E-state index contributed by atoms with van der Waals surface area (Å²) < 4.78 is 5.19. The quantitative estimate of drug-likeness (QED) is 0.653. The van der Waals surface area contributed by atoms with Crippen molar-refractivity contribution in [2.45, 2.75) is 12.8 Å². The van der Waals surface area contributed by atoms with Crippen molar-refractivity contribution in [1.29, 1.82) is 0 Å². The first kappa shape index (κ1) is 15.4. The van der Waals surface area contributed by atoms with Gasteiger partial charge in [0.05, 0.1) is 7.11 Å². The second-order valence-electron chi connectivity index (χ2n) is 4.90. The molecule has 0 radical (unpaired) electrons. The van der Waals surface area contributed by atoms with Crippen LogP contribution in [-0.2, 0) is 12.8 Å². The fourth-order valence-corrected chi connectivity index (χ4v) is 2.81. The van der Waals surface area contributed by atoms with E-state index in [1.807, 2.05) is 24.3 Å². The van der Waals surface area contributed by atoms with Crippen LogP contribution in [0, 0.1) is 5.92 Å². The molecule has 1 nitrogen and oxygen atoms in total. The van der Waals surface area contributed by atoms with Crippen LogP contribution < -0.4 is 4.74 Å². The normalized spacial score (nSPS) is 12.2. The van der Waals surface area contributed by atoms with Gasteiger partial charge in [0, 0.05) is 10.4 Å². The van der Waals surface area contributed by atoms with E-state index in [1.165, 1.54) is 11.1 Å². The number of alkyl halides is 1. The van der Waals surface area contributed by atoms with Gasteiger partial charge in [-0.1, -0.05) is 51.8 Å². The maximum Gasteiger partial charge on any atom is 0.118 e. The van der Waals surface area contributed by atoms with Crippen LogP contribution in [-0.4, -0.2) is 12.4 Å². The molecule has 0 N–H and O–H groups in total. The molecule has 0 spiro atoms. The standard InChI is InChI=1S/C17H18BrClO/c1-20-17-8-4-14(5-9-17)11-15(12-18)10-13-2-6-16(19)7-3-13/h2-9,15H,10-12H2,1H3. The van der Waals surface area contributed by atoms with E-state index >= 15 is 0 Å². The van der Waals surface area contributed by atoms with E-state index in [0.29, 0.717) is 5.92 Å². The highest BCUT2D eigenvalue weighted by atomic mass is 79.9. The van der Waals surface area contributed by atoms with Crippen molar-refractivity contribution in [2.75, 3.05) is 12.4 Å². The van der Waals surface area contributed by atoms with Crippen LogP contribution in [0.4, 0.5) is 0 Å². The third-order valence-electron chi connectivity index (χ3n) is 3.34. The van der Waals surface area contributed by atoms with Crippen molar-refractivity contribution in [3.8, 4) is 5.75 Å². The van der Waals surface area contributed by atoms with Crippen molar-refractivity contribution >= 4 is 27.5 Å². The first-order chi connectivity index (χ1) is 9.71. The average molecular weight is 354 g/mol. The Morgan fingerprint density at radius 2 is 1.45 bits per heavy atom. The van der Waals surface area contributed by atoms with Gasteiger partial charge in [-0.15, -0.1) is 0 Å². The molecule has 0 saturated heterocycles. The van der Waals surface area contributed by atoms with Gasteiger partial charge in [-0.3, -0.25) is 0 Å². The zero-order valence-corrected chi connectivity index (χ0v) is 13.8. The Kier molecular flexibility index (Phi) is 5.93. The van der Waals surface area contributed by atoms with E-state index < -0.39 is 0 Å². The molecule has 0 bridgehead atoms. The third-order valence-corrected chi connectivity index (χ3v) is 4.51. The van der Waals surface area contributed by atoms with Crippen LogP contribution >= 0.6 is 27.5 Å². The van der Waals surface area contributed by atoms with E-state index in [0.717, 1.165) is 28.9 Å². The summed E-state index contributed by atoms with van der Waals surface area (Å²) in [6.45, 7) is 0. The molecule has 2 aromatic carbocycles. The number of methoxy groups -OCH3 is 1. The van der Waals surface area contributed by atoms with Crippen LogP contribution in [0.3, 0.4) is 0 Å². The Labute approximate surface area is 134 Å². The maximum atomic E-state index is 5.92. The molecule has 0 aliphatic rings. The molecule has 2 rings (SSSR count). The van der Waals surface area contributed by atoms with E-state index in [4.69, 9.17) is 16.3 Å². The number of halogens is 2. The van der Waals surface area contributed by atoms with Crippen molar-refractivity contribution in [1.82, 2.24) is 0 Å². The van der Waals surface area contributed by atoms with Gasteiger partial charge in [0.15, 0.2) is 0 Å². The minimum atomic E-state index is 0.574. The lowest BCUT2D eigenvalue weighted by Crippen LogP contribution is -2.09. The number of hydrogen-bond acceptors (Lipinski definition) is 1. The fourth-order valence-electron chi connectivity index (χ4n) is 2.23. The van der Waals surface area contributed by atoms with Gasteiger partial charge in [0.1, 0.15) is 5.75 Å². The maximum absolute atomic E-state index is 5.92. The topological polar surface area (TPSA) is 9.23 Å². The van der Waals surface area contributed by atoms with Gasteiger partial charge < -0.3 is 4.74 Å². The Bertz CT molecular complexity index is 522. The van der Waals surface area contributed by atoms with Crippen molar-refractivity contribution < 1.29 is 4.74 Å². The molecular formula is C17H18BrClO. The van der Waals surface area contributed by atoms with Crippen LogP contribution in [0.15, 0.2) is 48.5 Å². The van der Waals surface area contributed by atoms with Crippen LogP contribution in [0.1, 0.15) is 11.1 Å². The molecule has 106 valence electrons. The Morgan fingerprint density at radius 1 is 0.950 bits per heavy atom. The van der Waals surface area contributed by atoms with Crippen molar-refractivity contribution in [2.24, 2.45) is 5.92 Å². The highest BCUT2D eigenvalue weighted by Crippen LogP contribution is 2.20. The predicted molar refractivity (Wildman–Crippen MR) is 89.1 cm³/mol. The van der Waals surface area contributed by atoms with Crippen LogP contribution in [0.25, 0.3) is 0 Å². The largest absolute Gasteiger partial charge is 0.497 e. The minimum absolute atomic E-state index is 0.574. The number of rotatable bonds is 6. The Balaban J connectivity index is 1.99. The van der Waals surface area contributed by atoms with E-state index in [2.05, 4.69) is 40.2 Å². The fraction of sp³-hybridized carbons (Fsp3) is 0.294. The van der Waals surface area contributed by atoms with Gasteiger partial charge in [-0.05, 0) is 54.2 Å². The summed E-state index contributed by atoms with van der Waals surface area (Å²) in [5, 5.41) is 1.78. The molecule has 20 heavy (non-hydrogen) atoms. The van der Waals surface area contributed by atoms with Gasteiger partial charge in [-0.2, -0.15) is 0 Å². The lowest BCUT2D eigenvalue weighted by Gasteiger charge is -2.14. The second kappa shape index (κ2) is 7.70. The van der Waals surface area contributed by atoms with Gasteiger partial charge in [0.25, 0.3) is 0 Å². The summed E-state index contributed by atoms with van der Waals surface area (Å²) in [5.74, 6) is 1.48. The average Bonchev–Trinajstić information content (AvgIpc) is 2.49. The molecule has 3 heteroatoms. The highest BCUT2D eigenvalue weighted by Gasteiger charge is 2.10. The first-order valence-electron chi connectivity index (χ1n) is 6.64. The van der Waals surface area contributed by atoms with E-state index in [1.54, 1.807) is 7.11 Å². The molecule has 0 aliphatic carbocycles. The van der Waals surface area contributed by atoms with Gasteiger partial charge in [0.2, 0.25) is 0 Å². The smallest absolute Gasteiger partial charge is 0.118 e. The Morgan fingerprint density at radius 3 is 1.90 bits per heavy atom. The summed E-state index contributed by atoms with van der Waals surface area (Å²) in [6, 6.07) is 16.4. The number of benzene rings is 2. The molecule has 1 atom stereocenters. The summed E-state index contributed by atoms with van der Waals surface area (Å²) >= 11 is 9.54. The minimum Gasteiger partial charge on any atom is -0.497 e. The number of ether oxygens (including phenoxy) is 1. The zero-order chi connectivity index (χ0) is 14.4. The van der Waals surface area contributed by atoms with E-state index in [-0.39, 0.29) is 0 Å².